The average Bonchev–Trinajstić information content (AvgIpc) is 2.68. The first-order valence-electron chi connectivity index (χ1n) is 12.1. The number of hydrogen-bond acceptors (Lipinski definition) is 1. The number of unbranched alkanes of at least 4 members (excludes halogenated alkanes) is 15. The Morgan fingerprint density at radius 1 is 0.556 bits per heavy atom. The molecule has 0 heterocycles. The highest BCUT2D eigenvalue weighted by molar-refractivity contribution is 5.14. The average molecular weight is 374 g/mol. The quantitative estimate of drug-likeness (QED) is 0.220. The van der Waals surface area contributed by atoms with E-state index in [9.17, 15) is 0 Å². The number of hydrogen-bond donors (Lipinski definition) is 0. The van der Waals surface area contributed by atoms with Crippen LogP contribution in [0, 0.1) is 0 Å². The van der Waals surface area contributed by atoms with Crippen molar-refractivity contribution in [2.24, 2.45) is 0 Å². The van der Waals surface area contributed by atoms with Crippen LogP contribution in [0.4, 0.5) is 0 Å². The molecule has 0 fully saturated rings. The molecular formula is C26H47N. The summed E-state index contributed by atoms with van der Waals surface area (Å²) in [6.07, 6.45) is 23.1. The van der Waals surface area contributed by atoms with Gasteiger partial charge in [-0.05, 0) is 25.6 Å². The third-order valence-corrected chi connectivity index (χ3v) is 5.69. The molecule has 0 aliphatic rings. The Morgan fingerprint density at radius 2 is 0.963 bits per heavy atom. The van der Waals surface area contributed by atoms with E-state index < -0.39 is 0 Å². The molecule has 0 radical (unpaired) electrons. The van der Waals surface area contributed by atoms with Crippen LogP contribution in [0.1, 0.15) is 115 Å². The fourth-order valence-corrected chi connectivity index (χ4v) is 3.90. The molecule has 0 spiro atoms. The van der Waals surface area contributed by atoms with Gasteiger partial charge in [-0.15, -0.1) is 0 Å². The predicted octanol–water partition coefficient (Wildman–Crippen LogP) is 8.38. The van der Waals surface area contributed by atoms with Gasteiger partial charge in [0.15, 0.2) is 0 Å². The minimum absolute atomic E-state index is 1.08. The zero-order valence-electron chi connectivity index (χ0n) is 18.6. The van der Waals surface area contributed by atoms with Crippen LogP contribution in [0.25, 0.3) is 0 Å². The van der Waals surface area contributed by atoms with E-state index in [1.807, 2.05) is 0 Å². The van der Waals surface area contributed by atoms with Gasteiger partial charge in [0.2, 0.25) is 0 Å². The summed E-state index contributed by atoms with van der Waals surface area (Å²) in [4.78, 5) is 2.46. The summed E-state index contributed by atoms with van der Waals surface area (Å²) in [7, 11) is 2.25. The molecule has 27 heavy (non-hydrogen) atoms. The van der Waals surface area contributed by atoms with Crippen LogP contribution in [0.15, 0.2) is 30.3 Å². The molecule has 156 valence electrons. The Bertz CT molecular complexity index is 400. The molecule has 0 aromatic heterocycles. The Balaban J connectivity index is 1.75. The zero-order valence-corrected chi connectivity index (χ0v) is 18.6. The lowest BCUT2D eigenvalue weighted by Gasteiger charge is -2.16. The van der Waals surface area contributed by atoms with Gasteiger partial charge >= 0.3 is 0 Å². The summed E-state index contributed by atoms with van der Waals surface area (Å²) in [5.74, 6) is 0. The summed E-state index contributed by atoms with van der Waals surface area (Å²) in [5, 5.41) is 0. The lowest BCUT2D eigenvalue weighted by molar-refractivity contribution is 0.316. The molecular weight excluding hydrogens is 326 g/mol. The minimum atomic E-state index is 1.08. The van der Waals surface area contributed by atoms with E-state index in [2.05, 4.69) is 49.2 Å². The van der Waals surface area contributed by atoms with Crippen molar-refractivity contribution >= 4 is 0 Å². The summed E-state index contributed by atoms with van der Waals surface area (Å²) < 4.78 is 0. The van der Waals surface area contributed by atoms with Gasteiger partial charge in [-0.1, -0.05) is 134 Å². The Morgan fingerprint density at radius 3 is 1.41 bits per heavy atom. The van der Waals surface area contributed by atoms with Crippen molar-refractivity contribution in [3.8, 4) is 0 Å². The lowest BCUT2D eigenvalue weighted by atomic mass is 10.0. The van der Waals surface area contributed by atoms with Gasteiger partial charge in [0.05, 0.1) is 0 Å². The van der Waals surface area contributed by atoms with Crippen molar-refractivity contribution in [2.45, 2.75) is 116 Å². The second-order valence-corrected chi connectivity index (χ2v) is 8.53. The molecule has 0 N–H and O–H groups in total. The maximum Gasteiger partial charge on any atom is 0.0230 e. The van der Waals surface area contributed by atoms with E-state index in [0.717, 1.165) is 6.54 Å². The van der Waals surface area contributed by atoms with E-state index in [0.29, 0.717) is 0 Å². The van der Waals surface area contributed by atoms with Crippen molar-refractivity contribution in [1.82, 2.24) is 4.90 Å². The first-order valence-corrected chi connectivity index (χ1v) is 12.1. The maximum atomic E-state index is 2.46. The molecule has 0 atom stereocenters. The summed E-state index contributed by atoms with van der Waals surface area (Å²) in [5.41, 5.74) is 1.43. The van der Waals surface area contributed by atoms with Gasteiger partial charge in [-0.25, -0.2) is 0 Å². The molecule has 0 saturated carbocycles. The molecule has 1 heteroatoms. The first kappa shape index (κ1) is 24.2. The summed E-state index contributed by atoms with van der Waals surface area (Å²) >= 11 is 0. The molecule has 0 saturated heterocycles. The van der Waals surface area contributed by atoms with Gasteiger partial charge in [-0.3, -0.25) is 0 Å². The van der Waals surface area contributed by atoms with Gasteiger partial charge in [-0.2, -0.15) is 0 Å². The zero-order chi connectivity index (χ0) is 19.4. The minimum Gasteiger partial charge on any atom is -0.302 e. The number of nitrogens with zero attached hydrogens (tertiary/aromatic N) is 1. The molecule has 0 aliphatic heterocycles. The van der Waals surface area contributed by atoms with E-state index in [-0.39, 0.29) is 0 Å². The molecule has 0 amide bonds. The van der Waals surface area contributed by atoms with Crippen molar-refractivity contribution in [1.29, 1.82) is 0 Å². The largest absolute Gasteiger partial charge is 0.302 e. The molecule has 0 bridgehead atoms. The van der Waals surface area contributed by atoms with Crippen molar-refractivity contribution in [2.75, 3.05) is 13.6 Å². The summed E-state index contributed by atoms with van der Waals surface area (Å²) in [6, 6.07) is 10.8. The van der Waals surface area contributed by atoms with Gasteiger partial charge in [0, 0.05) is 6.54 Å². The van der Waals surface area contributed by atoms with Crippen LogP contribution in [0.3, 0.4) is 0 Å². The number of benzene rings is 1. The SMILES string of the molecule is CCCCCCCCCCCCCCCCCCN(C)Cc1ccccc1. The Kier molecular flexibility index (Phi) is 16.6. The standard InChI is InChI=1S/C26H47N/c1-3-4-5-6-7-8-9-10-11-12-13-14-15-16-17-21-24-27(2)25-26-22-19-18-20-23-26/h18-20,22-23H,3-17,21,24-25H2,1-2H3. The Hall–Kier alpha value is -0.820. The van der Waals surface area contributed by atoms with E-state index in [1.54, 1.807) is 0 Å². The molecule has 1 aromatic carbocycles. The molecule has 1 rings (SSSR count). The van der Waals surface area contributed by atoms with Crippen LogP contribution in [0.5, 0.6) is 0 Å². The predicted molar refractivity (Wildman–Crippen MR) is 122 cm³/mol. The van der Waals surface area contributed by atoms with Crippen molar-refractivity contribution < 1.29 is 0 Å². The van der Waals surface area contributed by atoms with Crippen LogP contribution in [0.2, 0.25) is 0 Å². The second kappa shape index (κ2) is 18.5. The fourth-order valence-electron chi connectivity index (χ4n) is 3.90. The summed E-state index contributed by atoms with van der Waals surface area (Å²) in [6.45, 7) is 4.61. The van der Waals surface area contributed by atoms with Crippen molar-refractivity contribution in [3.05, 3.63) is 35.9 Å². The van der Waals surface area contributed by atoms with E-state index in [4.69, 9.17) is 0 Å². The first-order chi connectivity index (χ1) is 13.3. The second-order valence-electron chi connectivity index (χ2n) is 8.53. The van der Waals surface area contributed by atoms with Gasteiger partial charge in [0.25, 0.3) is 0 Å². The Labute approximate surface area is 170 Å². The topological polar surface area (TPSA) is 3.24 Å². The fraction of sp³-hybridized carbons (Fsp3) is 0.769. The van der Waals surface area contributed by atoms with Crippen LogP contribution < -0.4 is 0 Å². The van der Waals surface area contributed by atoms with E-state index >= 15 is 0 Å². The third kappa shape index (κ3) is 15.9. The smallest absolute Gasteiger partial charge is 0.0230 e. The van der Waals surface area contributed by atoms with Crippen LogP contribution in [-0.2, 0) is 6.54 Å². The highest BCUT2D eigenvalue weighted by Gasteiger charge is 2.00. The molecule has 0 unspecified atom stereocenters. The van der Waals surface area contributed by atoms with E-state index in [1.165, 1.54) is 115 Å². The van der Waals surface area contributed by atoms with Gasteiger partial charge in [0.1, 0.15) is 0 Å². The molecule has 1 aromatic rings. The highest BCUT2D eigenvalue weighted by atomic mass is 15.1. The maximum absolute atomic E-state index is 2.46. The monoisotopic (exact) mass is 373 g/mol. The molecule has 1 nitrogen and oxygen atoms in total. The normalized spacial score (nSPS) is 11.4. The lowest BCUT2D eigenvalue weighted by Crippen LogP contribution is -2.18. The van der Waals surface area contributed by atoms with Crippen LogP contribution >= 0.6 is 0 Å². The van der Waals surface area contributed by atoms with Gasteiger partial charge < -0.3 is 4.90 Å². The third-order valence-electron chi connectivity index (χ3n) is 5.69. The number of rotatable bonds is 19. The molecule has 0 aliphatic carbocycles. The van der Waals surface area contributed by atoms with Crippen LogP contribution in [-0.4, -0.2) is 18.5 Å². The van der Waals surface area contributed by atoms with Crippen molar-refractivity contribution in [3.63, 3.8) is 0 Å². The highest BCUT2D eigenvalue weighted by Crippen LogP contribution is 2.14.